The Labute approximate surface area is 111 Å². The van der Waals surface area contributed by atoms with E-state index in [1.807, 2.05) is 31.2 Å². The fraction of sp³-hybridized carbons (Fsp3) is 0.125. The average Bonchev–Trinajstić information content (AvgIpc) is 2.90. The Balaban J connectivity index is 2.13. The minimum atomic E-state index is 0.616. The van der Waals surface area contributed by atoms with E-state index < -0.39 is 0 Å². The lowest BCUT2D eigenvalue weighted by molar-refractivity contribution is 0.111. The lowest BCUT2D eigenvalue weighted by Crippen LogP contribution is -2.00. The Morgan fingerprint density at radius 2 is 1.89 bits per heavy atom. The molecule has 0 amide bonds. The van der Waals surface area contributed by atoms with E-state index in [1.54, 1.807) is 4.68 Å². The van der Waals surface area contributed by atoms with Gasteiger partial charge in [0.1, 0.15) is 5.69 Å². The minimum absolute atomic E-state index is 0.616. The zero-order valence-corrected chi connectivity index (χ0v) is 10.7. The number of aryl methyl sites for hydroxylation is 1. The number of aldehydes is 1. The van der Waals surface area contributed by atoms with Gasteiger partial charge in [0.2, 0.25) is 0 Å². The van der Waals surface area contributed by atoms with E-state index in [4.69, 9.17) is 0 Å². The summed E-state index contributed by atoms with van der Waals surface area (Å²) in [5, 5.41) is 6.85. The third-order valence-corrected chi connectivity index (χ3v) is 3.28. The highest BCUT2D eigenvalue weighted by Crippen LogP contribution is 2.23. The van der Waals surface area contributed by atoms with Crippen molar-refractivity contribution in [2.45, 2.75) is 13.5 Å². The Morgan fingerprint density at radius 3 is 2.58 bits per heavy atom. The van der Waals surface area contributed by atoms with Crippen molar-refractivity contribution in [3.05, 3.63) is 54.2 Å². The molecule has 0 aliphatic rings. The number of fused-ring (bicyclic) bond motifs is 1. The fourth-order valence-corrected chi connectivity index (χ4v) is 2.27. The highest BCUT2D eigenvalue weighted by Gasteiger charge is 2.08. The number of hydrogen-bond acceptors (Lipinski definition) is 2. The van der Waals surface area contributed by atoms with Gasteiger partial charge in [0.05, 0.1) is 5.69 Å². The maximum atomic E-state index is 11.0. The van der Waals surface area contributed by atoms with Crippen molar-refractivity contribution < 1.29 is 4.79 Å². The molecule has 3 nitrogen and oxygen atoms in total. The van der Waals surface area contributed by atoms with Crippen molar-refractivity contribution in [2.75, 3.05) is 0 Å². The summed E-state index contributed by atoms with van der Waals surface area (Å²) in [5.74, 6) is 0. The molecule has 94 valence electrons. The molecule has 0 atom stereocenters. The molecule has 0 bridgehead atoms. The van der Waals surface area contributed by atoms with Gasteiger partial charge in [0.15, 0.2) is 6.29 Å². The van der Waals surface area contributed by atoms with Gasteiger partial charge in [-0.2, -0.15) is 5.10 Å². The van der Waals surface area contributed by atoms with E-state index >= 15 is 0 Å². The number of hydrogen-bond donors (Lipinski definition) is 0. The molecule has 0 saturated carbocycles. The molecule has 0 aliphatic carbocycles. The second-order valence-corrected chi connectivity index (χ2v) is 4.45. The molecule has 0 spiro atoms. The lowest BCUT2D eigenvalue weighted by Gasteiger charge is -2.01. The van der Waals surface area contributed by atoms with Crippen LogP contribution < -0.4 is 0 Å². The summed E-state index contributed by atoms with van der Waals surface area (Å²) in [6.45, 7) is 2.67. The van der Waals surface area contributed by atoms with Gasteiger partial charge in [-0.15, -0.1) is 0 Å². The summed E-state index contributed by atoms with van der Waals surface area (Å²) >= 11 is 0. The molecular formula is C16H14N2O. The SMILES string of the molecule is CCn1nc(-c2ccc3ccccc3c2)cc1C=O. The van der Waals surface area contributed by atoms with Crippen LogP contribution >= 0.6 is 0 Å². The molecule has 0 unspecified atom stereocenters. The third kappa shape index (κ3) is 2.03. The Hall–Kier alpha value is -2.42. The zero-order chi connectivity index (χ0) is 13.2. The summed E-state index contributed by atoms with van der Waals surface area (Å²) in [6.07, 6.45) is 0.848. The molecule has 3 rings (SSSR count). The monoisotopic (exact) mass is 250 g/mol. The summed E-state index contributed by atoms with van der Waals surface area (Å²) in [6, 6.07) is 16.3. The van der Waals surface area contributed by atoms with Crippen LogP contribution in [0.25, 0.3) is 22.0 Å². The quantitative estimate of drug-likeness (QED) is 0.666. The molecule has 2 aromatic carbocycles. The van der Waals surface area contributed by atoms with Gasteiger partial charge in [-0.3, -0.25) is 9.48 Å². The van der Waals surface area contributed by atoms with Crippen molar-refractivity contribution in [1.29, 1.82) is 0 Å². The molecular weight excluding hydrogens is 236 g/mol. The van der Waals surface area contributed by atoms with Crippen molar-refractivity contribution in [3.63, 3.8) is 0 Å². The van der Waals surface area contributed by atoms with Crippen LogP contribution in [0.3, 0.4) is 0 Å². The number of rotatable bonds is 3. The maximum Gasteiger partial charge on any atom is 0.168 e. The highest BCUT2D eigenvalue weighted by molar-refractivity contribution is 5.87. The van der Waals surface area contributed by atoms with E-state index in [9.17, 15) is 4.79 Å². The topological polar surface area (TPSA) is 34.9 Å². The molecule has 0 fully saturated rings. The largest absolute Gasteiger partial charge is 0.296 e. The predicted octanol–water partition coefficient (Wildman–Crippen LogP) is 3.54. The minimum Gasteiger partial charge on any atom is -0.296 e. The van der Waals surface area contributed by atoms with Gasteiger partial charge in [0, 0.05) is 12.1 Å². The van der Waals surface area contributed by atoms with Crippen LogP contribution in [-0.4, -0.2) is 16.1 Å². The van der Waals surface area contributed by atoms with E-state index in [2.05, 4.69) is 29.4 Å². The van der Waals surface area contributed by atoms with Crippen molar-refractivity contribution >= 4 is 17.1 Å². The van der Waals surface area contributed by atoms with E-state index in [-0.39, 0.29) is 0 Å². The van der Waals surface area contributed by atoms with Crippen molar-refractivity contribution in [3.8, 4) is 11.3 Å². The first kappa shape index (κ1) is 11.7. The Morgan fingerprint density at radius 1 is 1.11 bits per heavy atom. The van der Waals surface area contributed by atoms with Crippen LogP contribution in [0.1, 0.15) is 17.4 Å². The molecule has 0 radical (unpaired) electrons. The van der Waals surface area contributed by atoms with Gasteiger partial charge in [-0.1, -0.05) is 36.4 Å². The van der Waals surface area contributed by atoms with Gasteiger partial charge in [-0.05, 0) is 29.8 Å². The van der Waals surface area contributed by atoms with Crippen LogP contribution in [0.2, 0.25) is 0 Å². The van der Waals surface area contributed by atoms with Gasteiger partial charge < -0.3 is 0 Å². The van der Waals surface area contributed by atoms with Crippen LogP contribution in [0, 0.1) is 0 Å². The fourth-order valence-electron chi connectivity index (χ4n) is 2.27. The molecule has 0 N–H and O–H groups in total. The number of aromatic nitrogens is 2. The van der Waals surface area contributed by atoms with E-state index in [0.29, 0.717) is 12.2 Å². The second-order valence-electron chi connectivity index (χ2n) is 4.45. The normalized spacial score (nSPS) is 10.8. The van der Waals surface area contributed by atoms with Gasteiger partial charge >= 0.3 is 0 Å². The zero-order valence-electron chi connectivity index (χ0n) is 10.7. The Kier molecular flexibility index (Phi) is 2.88. The smallest absolute Gasteiger partial charge is 0.168 e. The van der Waals surface area contributed by atoms with Crippen molar-refractivity contribution in [2.24, 2.45) is 0 Å². The number of benzene rings is 2. The molecule has 0 saturated heterocycles. The summed E-state index contributed by atoms with van der Waals surface area (Å²) < 4.78 is 1.72. The molecule has 3 aromatic rings. The predicted molar refractivity (Wildman–Crippen MR) is 76.2 cm³/mol. The first-order valence-corrected chi connectivity index (χ1v) is 6.34. The summed E-state index contributed by atoms with van der Waals surface area (Å²) in [5.41, 5.74) is 2.49. The third-order valence-electron chi connectivity index (χ3n) is 3.28. The number of nitrogens with zero attached hydrogens (tertiary/aromatic N) is 2. The Bertz CT molecular complexity index is 743. The van der Waals surface area contributed by atoms with Crippen molar-refractivity contribution in [1.82, 2.24) is 9.78 Å². The molecule has 1 aromatic heterocycles. The van der Waals surface area contributed by atoms with E-state index in [1.165, 1.54) is 10.8 Å². The molecule has 0 aliphatic heterocycles. The molecule has 3 heteroatoms. The van der Waals surface area contributed by atoms with E-state index in [0.717, 1.165) is 17.5 Å². The molecule has 1 heterocycles. The van der Waals surface area contributed by atoms with Crippen LogP contribution in [-0.2, 0) is 6.54 Å². The van der Waals surface area contributed by atoms with Gasteiger partial charge in [-0.25, -0.2) is 0 Å². The number of carbonyl (C=O) groups excluding carboxylic acids is 1. The summed E-state index contributed by atoms with van der Waals surface area (Å²) in [7, 11) is 0. The summed E-state index contributed by atoms with van der Waals surface area (Å²) in [4.78, 5) is 11.0. The van der Waals surface area contributed by atoms with Crippen LogP contribution in [0.15, 0.2) is 48.5 Å². The van der Waals surface area contributed by atoms with Crippen LogP contribution in [0.5, 0.6) is 0 Å². The first-order valence-electron chi connectivity index (χ1n) is 6.34. The second kappa shape index (κ2) is 4.69. The lowest BCUT2D eigenvalue weighted by atomic mass is 10.1. The maximum absolute atomic E-state index is 11.0. The average molecular weight is 250 g/mol. The standard InChI is InChI=1S/C16H14N2O/c1-2-18-15(11-19)10-16(17-18)14-8-7-12-5-3-4-6-13(12)9-14/h3-11H,2H2,1H3. The highest BCUT2D eigenvalue weighted by atomic mass is 16.1. The molecule has 19 heavy (non-hydrogen) atoms. The van der Waals surface area contributed by atoms with Gasteiger partial charge in [0.25, 0.3) is 0 Å². The number of carbonyl (C=O) groups is 1. The van der Waals surface area contributed by atoms with Crippen LogP contribution in [0.4, 0.5) is 0 Å². The first-order chi connectivity index (χ1) is 9.31.